The average Bonchev–Trinajstić information content (AvgIpc) is 2.96. The minimum Gasteiger partial charge on any atom is -0.321 e. The number of rotatable bonds is 4. The molecule has 2 aromatic rings. The van der Waals surface area contributed by atoms with E-state index in [0.717, 1.165) is 43.7 Å². The smallest absolute Gasteiger partial charge is 0.227 e. The molecule has 1 aliphatic heterocycles. The zero-order valence-electron chi connectivity index (χ0n) is 12.7. The Kier molecular flexibility index (Phi) is 4.15. The highest BCUT2D eigenvalue weighted by atomic mass is 15.3. The molecule has 1 N–H and O–H groups in total. The summed E-state index contributed by atoms with van der Waals surface area (Å²) in [6.45, 7) is 4.36. The number of hydrogen-bond acceptors (Lipinski definition) is 5. The van der Waals surface area contributed by atoms with E-state index in [-0.39, 0.29) is 0 Å². The zero-order chi connectivity index (χ0) is 14.7. The maximum atomic E-state index is 4.48. The third-order valence-electron chi connectivity index (χ3n) is 4.00. The van der Waals surface area contributed by atoms with Crippen LogP contribution in [-0.2, 0) is 6.42 Å². The van der Waals surface area contributed by atoms with E-state index in [1.54, 1.807) is 6.20 Å². The van der Waals surface area contributed by atoms with Gasteiger partial charge in [-0.2, -0.15) is 5.10 Å². The van der Waals surface area contributed by atoms with E-state index in [1.807, 2.05) is 12.3 Å². The summed E-state index contributed by atoms with van der Waals surface area (Å²) >= 11 is 0. The monoisotopic (exact) mass is 286 g/mol. The van der Waals surface area contributed by atoms with Crippen LogP contribution in [0.25, 0.3) is 0 Å². The van der Waals surface area contributed by atoms with Gasteiger partial charge in [0, 0.05) is 18.1 Å². The van der Waals surface area contributed by atoms with E-state index >= 15 is 0 Å². The molecule has 0 spiro atoms. The molecule has 0 aromatic carbocycles. The minimum absolute atomic E-state index is 0.500. The van der Waals surface area contributed by atoms with Crippen molar-refractivity contribution in [3.8, 4) is 0 Å². The van der Waals surface area contributed by atoms with Crippen LogP contribution in [0, 0.1) is 0 Å². The van der Waals surface area contributed by atoms with Crippen LogP contribution in [0.4, 0.5) is 11.6 Å². The van der Waals surface area contributed by atoms with E-state index in [2.05, 4.69) is 50.1 Å². The second-order valence-electron chi connectivity index (χ2n) is 5.59. The molecular formula is C15H22N6. The van der Waals surface area contributed by atoms with Crippen molar-refractivity contribution in [1.29, 1.82) is 0 Å². The van der Waals surface area contributed by atoms with Gasteiger partial charge in [-0.15, -0.1) is 0 Å². The number of likely N-dealkylation sites (tertiary alicyclic amines) is 1. The lowest BCUT2D eigenvalue weighted by atomic mass is 10.1. The lowest BCUT2D eigenvalue weighted by Crippen LogP contribution is -2.31. The maximum Gasteiger partial charge on any atom is 0.227 e. The molecule has 1 fully saturated rings. The van der Waals surface area contributed by atoms with Gasteiger partial charge in [0.05, 0.1) is 17.9 Å². The molecular weight excluding hydrogens is 264 g/mol. The number of nitrogens with one attached hydrogen (secondary N) is 1. The lowest BCUT2D eigenvalue weighted by Gasteiger charge is -2.28. The van der Waals surface area contributed by atoms with E-state index in [0.29, 0.717) is 12.0 Å². The zero-order valence-corrected chi connectivity index (χ0v) is 12.7. The van der Waals surface area contributed by atoms with Crippen LogP contribution < -0.4 is 5.32 Å². The van der Waals surface area contributed by atoms with Gasteiger partial charge in [0.2, 0.25) is 5.95 Å². The molecule has 1 aliphatic rings. The van der Waals surface area contributed by atoms with Crippen LogP contribution >= 0.6 is 0 Å². The summed E-state index contributed by atoms with van der Waals surface area (Å²) in [5.74, 6) is 0.636. The molecule has 0 unspecified atom stereocenters. The number of anilines is 2. The maximum absolute atomic E-state index is 4.48. The Morgan fingerprint density at radius 2 is 2.14 bits per heavy atom. The van der Waals surface area contributed by atoms with Gasteiger partial charge in [0.25, 0.3) is 0 Å². The largest absolute Gasteiger partial charge is 0.321 e. The molecule has 21 heavy (non-hydrogen) atoms. The Hall–Kier alpha value is -1.95. The predicted molar refractivity (Wildman–Crippen MR) is 82.7 cm³/mol. The first-order valence-corrected chi connectivity index (χ1v) is 7.56. The quantitative estimate of drug-likeness (QED) is 0.934. The summed E-state index contributed by atoms with van der Waals surface area (Å²) in [5.41, 5.74) is 1.98. The van der Waals surface area contributed by atoms with Crippen LogP contribution in [0.15, 0.2) is 24.7 Å². The van der Waals surface area contributed by atoms with E-state index < -0.39 is 0 Å². The van der Waals surface area contributed by atoms with Crippen molar-refractivity contribution in [3.05, 3.63) is 30.4 Å². The highest BCUT2D eigenvalue weighted by Gasteiger charge is 2.18. The van der Waals surface area contributed by atoms with Gasteiger partial charge in [-0.3, -0.25) is 4.68 Å². The number of hydrogen-bond donors (Lipinski definition) is 1. The second kappa shape index (κ2) is 6.22. The fourth-order valence-electron chi connectivity index (χ4n) is 2.64. The standard InChI is InChI=1S/C15H22N6/c1-3-12-4-7-16-15(18-12)19-13-10-17-21(11-13)14-5-8-20(2)9-6-14/h4,7,10-11,14H,3,5-6,8-9H2,1-2H3,(H,16,18,19). The topological polar surface area (TPSA) is 58.9 Å². The molecule has 0 bridgehead atoms. The van der Waals surface area contributed by atoms with E-state index in [9.17, 15) is 0 Å². The summed E-state index contributed by atoms with van der Waals surface area (Å²) in [7, 11) is 2.17. The van der Waals surface area contributed by atoms with Crippen molar-refractivity contribution < 1.29 is 0 Å². The molecule has 0 atom stereocenters. The van der Waals surface area contributed by atoms with Crippen molar-refractivity contribution in [2.24, 2.45) is 0 Å². The highest BCUT2D eigenvalue weighted by Crippen LogP contribution is 2.23. The van der Waals surface area contributed by atoms with Crippen molar-refractivity contribution in [3.63, 3.8) is 0 Å². The van der Waals surface area contributed by atoms with Crippen LogP contribution in [0.3, 0.4) is 0 Å². The average molecular weight is 286 g/mol. The molecule has 112 valence electrons. The molecule has 3 heterocycles. The summed E-state index contributed by atoms with van der Waals surface area (Å²) in [6, 6.07) is 2.44. The minimum atomic E-state index is 0.500. The second-order valence-corrected chi connectivity index (χ2v) is 5.59. The highest BCUT2D eigenvalue weighted by molar-refractivity contribution is 5.50. The van der Waals surface area contributed by atoms with Crippen molar-refractivity contribution in [2.75, 3.05) is 25.5 Å². The third-order valence-corrected chi connectivity index (χ3v) is 4.00. The first-order valence-electron chi connectivity index (χ1n) is 7.56. The van der Waals surface area contributed by atoms with Crippen molar-refractivity contribution in [2.45, 2.75) is 32.2 Å². The number of aromatic nitrogens is 4. The van der Waals surface area contributed by atoms with E-state index in [1.165, 1.54) is 0 Å². The Morgan fingerprint density at radius 3 is 2.90 bits per heavy atom. The van der Waals surface area contributed by atoms with Crippen LogP contribution in [0.1, 0.15) is 31.5 Å². The first-order chi connectivity index (χ1) is 10.2. The number of aryl methyl sites for hydroxylation is 1. The van der Waals surface area contributed by atoms with Gasteiger partial charge in [0.15, 0.2) is 0 Å². The Bertz CT molecular complexity index is 585. The molecule has 6 heteroatoms. The van der Waals surface area contributed by atoms with E-state index in [4.69, 9.17) is 0 Å². The molecule has 0 radical (unpaired) electrons. The molecule has 3 rings (SSSR count). The van der Waals surface area contributed by atoms with Gasteiger partial charge in [-0.05, 0) is 45.5 Å². The van der Waals surface area contributed by atoms with Gasteiger partial charge in [-0.1, -0.05) is 6.92 Å². The SMILES string of the molecule is CCc1ccnc(Nc2cnn(C3CCN(C)CC3)c2)n1. The molecule has 0 saturated carbocycles. The lowest BCUT2D eigenvalue weighted by molar-refractivity contribution is 0.212. The normalized spacial score (nSPS) is 17.0. The fraction of sp³-hybridized carbons (Fsp3) is 0.533. The third kappa shape index (κ3) is 3.39. The first kappa shape index (κ1) is 14.0. The van der Waals surface area contributed by atoms with Gasteiger partial charge in [-0.25, -0.2) is 9.97 Å². The summed E-state index contributed by atoms with van der Waals surface area (Å²) in [4.78, 5) is 11.1. The van der Waals surface area contributed by atoms with Crippen LogP contribution in [0.5, 0.6) is 0 Å². The Morgan fingerprint density at radius 1 is 1.33 bits per heavy atom. The van der Waals surface area contributed by atoms with Gasteiger partial charge in [0.1, 0.15) is 0 Å². The van der Waals surface area contributed by atoms with Gasteiger partial charge >= 0.3 is 0 Å². The summed E-state index contributed by atoms with van der Waals surface area (Å²) < 4.78 is 2.07. The summed E-state index contributed by atoms with van der Waals surface area (Å²) in [5, 5.41) is 7.71. The Labute approximate surface area is 125 Å². The van der Waals surface area contributed by atoms with Crippen molar-refractivity contribution >= 4 is 11.6 Å². The Balaban J connectivity index is 1.67. The number of nitrogens with zero attached hydrogens (tertiary/aromatic N) is 5. The number of piperidine rings is 1. The molecule has 0 amide bonds. The van der Waals surface area contributed by atoms with Gasteiger partial charge < -0.3 is 10.2 Å². The van der Waals surface area contributed by atoms with Crippen molar-refractivity contribution in [1.82, 2.24) is 24.6 Å². The molecule has 1 saturated heterocycles. The molecule has 0 aliphatic carbocycles. The molecule has 2 aromatic heterocycles. The van der Waals surface area contributed by atoms with Crippen LogP contribution in [0.2, 0.25) is 0 Å². The molecule has 6 nitrogen and oxygen atoms in total. The predicted octanol–water partition coefficient (Wildman–Crippen LogP) is 2.25. The fourth-order valence-corrected chi connectivity index (χ4v) is 2.64. The van der Waals surface area contributed by atoms with Crippen LogP contribution in [-0.4, -0.2) is 44.8 Å². The summed E-state index contributed by atoms with van der Waals surface area (Å²) in [6.07, 6.45) is 8.90.